The first-order chi connectivity index (χ1) is 12.8. The number of nitrogens with zero attached hydrogens (tertiary/aromatic N) is 4. The van der Waals surface area contributed by atoms with Crippen LogP contribution >= 0.6 is 11.6 Å². The summed E-state index contributed by atoms with van der Waals surface area (Å²) in [5.41, 5.74) is 0.939. The van der Waals surface area contributed by atoms with Crippen molar-refractivity contribution in [3.63, 3.8) is 0 Å². The summed E-state index contributed by atoms with van der Waals surface area (Å²) < 4.78 is 33.4. The number of ether oxygens (including phenoxy) is 1. The van der Waals surface area contributed by atoms with Crippen molar-refractivity contribution < 1.29 is 13.5 Å². The van der Waals surface area contributed by atoms with Crippen LogP contribution in [0.1, 0.15) is 22.8 Å². The van der Waals surface area contributed by atoms with Gasteiger partial charge in [0.05, 0.1) is 24.1 Å². The Labute approximate surface area is 158 Å². The van der Waals surface area contributed by atoms with Crippen molar-refractivity contribution in [2.24, 2.45) is 0 Å². The standard InChI is InChI=1S/C18H15ClF2N4O2/c1-10-6-23-14(7-22-10)8-25-11(2)24-17(16(19)18(25)26)27-9-12-3-4-13(20)5-15(12)21/h3-7H,8-9H2,1-2H3. The third kappa shape index (κ3) is 4.28. The van der Waals surface area contributed by atoms with Crippen LogP contribution in [0.3, 0.4) is 0 Å². The minimum absolute atomic E-state index is 0.117. The number of benzene rings is 1. The topological polar surface area (TPSA) is 69.9 Å². The number of hydrogen-bond acceptors (Lipinski definition) is 5. The summed E-state index contributed by atoms with van der Waals surface area (Å²) in [6, 6.07) is 3.12. The van der Waals surface area contributed by atoms with Crippen LogP contribution in [0.5, 0.6) is 5.88 Å². The summed E-state index contributed by atoms with van der Waals surface area (Å²) in [5, 5.41) is -0.233. The molecule has 2 heterocycles. The lowest BCUT2D eigenvalue weighted by atomic mass is 10.2. The molecular formula is C18H15ClF2N4O2. The molecule has 0 fully saturated rings. The molecule has 3 rings (SSSR count). The van der Waals surface area contributed by atoms with Gasteiger partial charge in [0.15, 0.2) is 5.02 Å². The Hall–Kier alpha value is -2.87. The predicted octanol–water partition coefficient (Wildman–Crippen LogP) is 3.21. The molecule has 1 aromatic carbocycles. The second-order valence-corrected chi connectivity index (χ2v) is 6.22. The van der Waals surface area contributed by atoms with Gasteiger partial charge in [-0.25, -0.2) is 8.78 Å². The van der Waals surface area contributed by atoms with Crippen molar-refractivity contribution in [1.29, 1.82) is 0 Å². The summed E-state index contributed by atoms with van der Waals surface area (Å²) in [6.45, 7) is 3.33. The molecule has 2 aromatic heterocycles. The van der Waals surface area contributed by atoms with Gasteiger partial charge >= 0.3 is 0 Å². The van der Waals surface area contributed by atoms with E-state index in [9.17, 15) is 13.6 Å². The van der Waals surface area contributed by atoms with Crippen LogP contribution in [-0.4, -0.2) is 19.5 Å². The molecule has 0 atom stereocenters. The van der Waals surface area contributed by atoms with E-state index in [4.69, 9.17) is 16.3 Å². The fourth-order valence-electron chi connectivity index (χ4n) is 2.34. The van der Waals surface area contributed by atoms with E-state index in [0.29, 0.717) is 11.5 Å². The van der Waals surface area contributed by atoms with Gasteiger partial charge in [0.1, 0.15) is 24.1 Å². The van der Waals surface area contributed by atoms with Crippen LogP contribution in [0.25, 0.3) is 0 Å². The third-order valence-corrected chi connectivity index (χ3v) is 4.13. The lowest BCUT2D eigenvalue weighted by Crippen LogP contribution is -2.26. The molecule has 0 aliphatic heterocycles. The lowest BCUT2D eigenvalue weighted by Gasteiger charge is -2.13. The Morgan fingerprint density at radius 2 is 1.96 bits per heavy atom. The molecule has 0 unspecified atom stereocenters. The molecule has 27 heavy (non-hydrogen) atoms. The Balaban J connectivity index is 1.83. The van der Waals surface area contributed by atoms with Gasteiger partial charge in [-0.2, -0.15) is 4.98 Å². The number of rotatable bonds is 5. The molecule has 0 aliphatic carbocycles. The second kappa shape index (κ2) is 7.79. The average molecular weight is 393 g/mol. The molecule has 0 radical (unpaired) electrons. The fraction of sp³-hybridized carbons (Fsp3) is 0.222. The van der Waals surface area contributed by atoms with Gasteiger partial charge in [0, 0.05) is 17.8 Å². The van der Waals surface area contributed by atoms with Crippen LogP contribution in [-0.2, 0) is 13.2 Å². The molecule has 0 aliphatic rings. The quantitative estimate of drug-likeness (QED) is 0.666. The average Bonchev–Trinajstić information content (AvgIpc) is 2.63. The highest BCUT2D eigenvalue weighted by molar-refractivity contribution is 6.31. The van der Waals surface area contributed by atoms with Crippen LogP contribution < -0.4 is 10.3 Å². The molecule has 6 nitrogen and oxygen atoms in total. The maximum Gasteiger partial charge on any atom is 0.276 e. The normalized spacial score (nSPS) is 10.9. The van der Waals surface area contributed by atoms with E-state index in [-0.39, 0.29) is 29.6 Å². The SMILES string of the molecule is Cc1cnc(Cn2c(C)nc(OCc3ccc(F)cc3F)c(Cl)c2=O)cn1. The highest BCUT2D eigenvalue weighted by Crippen LogP contribution is 2.20. The molecular weight excluding hydrogens is 378 g/mol. The van der Waals surface area contributed by atoms with E-state index in [2.05, 4.69) is 15.0 Å². The zero-order valence-corrected chi connectivity index (χ0v) is 15.3. The van der Waals surface area contributed by atoms with Crippen molar-refractivity contribution >= 4 is 11.6 Å². The van der Waals surface area contributed by atoms with Crippen molar-refractivity contribution in [1.82, 2.24) is 19.5 Å². The molecule has 0 bridgehead atoms. The van der Waals surface area contributed by atoms with Gasteiger partial charge in [-0.3, -0.25) is 19.3 Å². The summed E-state index contributed by atoms with van der Waals surface area (Å²) >= 11 is 6.08. The van der Waals surface area contributed by atoms with Crippen LogP contribution in [0.4, 0.5) is 8.78 Å². The van der Waals surface area contributed by atoms with E-state index >= 15 is 0 Å². The Bertz CT molecular complexity index is 1040. The molecule has 0 saturated heterocycles. The number of hydrogen-bond donors (Lipinski definition) is 0. The van der Waals surface area contributed by atoms with Crippen molar-refractivity contribution in [3.8, 4) is 5.88 Å². The van der Waals surface area contributed by atoms with Crippen LogP contribution in [0.15, 0.2) is 35.4 Å². The minimum atomic E-state index is -0.755. The van der Waals surface area contributed by atoms with Crippen molar-refractivity contribution in [3.05, 3.63) is 80.4 Å². The van der Waals surface area contributed by atoms with E-state index < -0.39 is 17.2 Å². The van der Waals surface area contributed by atoms with Crippen molar-refractivity contribution in [2.45, 2.75) is 27.0 Å². The van der Waals surface area contributed by atoms with E-state index in [0.717, 1.165) is 17.8 Å². The summed E-state index contributed by atoms with van der Waals surface area (Å²) in [6.07, 6.45) is 3.16. The Kier molecular flexibility index (Phi) is 5.46. The zero-order valence-electron chi connectivity index (χ0n) is 14.5. The van der Waals surface area contributed by atoms with Crippen LogP contribution in [0, 0.1) is 25.5 Å². The Morgan fingerprint density at radius 1 is 1.19 bits per heavy atom. The van der Waals surface area contributed by atoms with Gasteiger partial charge in [0.2, 0.25) is 5.88 Å². The second-order valence-electron chi connectivity index (χ2n) is 5.84. The Morgan fingerprint density at radius 3 is 2.63 bits per heavy atom. The summed E-state index contributed by atoms with van der Waals surface area (Å²) in [7, 11) is 0. The van der Waals surface area contributed by atoms with Gasteiger partial charge in [-0.15, -0.1) is 0 Å². The first kappa shape index (κ1) is 18.9. The number of halogens is 3. The first-order valence-electron chi connectivity index (χ1n) is 7.96. The maximum atomic E-state index is 13.7. The molecule has 9 heteroatoms. The summed E-state index contributed by atoms with van der Waals surface area (Å²) in [4.78, 5) is 25.1. The molecule has 0 spiro atoms. The molecule has 3 aromatic rings. The molecule has 140 valence electrons. The maximum absolute atomic E-state index is 13.7. The highest BCUT2D eigenvalue weighted by Gasteiger charge is 2.16. The summed E-state index contributed by atoms with van der Waals surface area (Å²) in [5.74, 6) is -1.21. The zero-order chi connectivity index (χ0) is 19.6. The molecule has 0 saturated carbocycles. The monoisotopic (exact) mass is 392 g/mol. The molecule has 0 N–H and O–H groups in total. The highest BCUT2D eigenvalue weighted by atomic mass is 35.5. The van der Waals surface area contributed by atoms with Gasteiger partial charge in [-0.1, -0.05) is 11.6 Å². The van der Waals surface area contributed by atoms with E-state index in [1.165, 1.54) is 10.6 Å². The van der Waals surface area contributed by atoms with Crippen LogP contribution in [0.2, 0.25) is 5.02 Å². The number of aromatic nitrogens is 4. The van der Waals surface area contributed by atoms with Gasteiger partial charge in [-0.05, 0) is 26.0 Å². The van der Waals surface area contributed by atoms with Crippen molar-refractivity contribution in [2.75, 3.05) is 0 Å². The minimum Gasteiger partial charge on any atom is -0.471 e. The smallest absolute Gasteiger partial charge is 0.276 e. The van der Waals surface area contributed by atoms with E-state index in [1.807, 2.05) is 6.92 Å². The van der Waals surface area contributed by atoms with Gasteiger partial charge < -0.3 is 4.74 Å². The predicted molar refractivity (Wildman–Crippen MR) is 94.8 cm³/mol. The third-order valence-electron chi connectivity index (χ3n) is 3.81. The fourth-order valence-corrected chi connectivity index (χ4v) is 2.54. The molecule has 0 amide bonds. The van der Waals surface area contributed by atoms with E-state index in [1.54, 1.807) is 19.3 Å². The van der Waals surface area contributed by atoms with Gasteiger partial charge in [0.25, 0.3) is 5.56 Å². The first-order valence-corrected chi connectivity index (χ1v) is 8.34. The number of aryl methyl sites for hydroxylation is 2. The lowest BCUT2D eigenvalue weighted by molar-refractivity contribution is 0.285. The largest absolute Gasteiger partial charge is 0.471 e.